The molecule has 0 fully saturated rings. The summed E-state index contributed by atoms with van der Waals surface area (Å²) in [6.07, 6.45) is -3.70. The summed E-state index contributed by atoms with van der Waals surface area (Å²) in [6.45, 7) is 5.77. The number of ether oxygens (including phenoxy) is 3. The number of rotatable bonds is 21. The third kappa shape index (κ3) is 13.6. The lowest BCUT2D eigenvalue weighted by Crippen LogP contribution is -2.36. The van der Waals surface area contributed by atoms with Crippen LogP contribution in [0.2, 0.25) is 0 Å². The van der Waals surface area contributed by atoms with Crippen LogP contribution >= 0.6 is 0 Å². The van der Waals surface area contributed by atoms with E-state index in [-0.39, 0.29) is 71.4 Å². The van der Waals surface area contributed by atoms with Crippen LogP contribution in [0, 0.1) is 0 Å². The topological polar surface area (TPSA) is 163 Å². The first-order valence-electron chi connectivity index (χ1n) is 18.5. The molecule has 0 radical (unpaired) electrons. The average molecular weight is 796 g/mol. The van der Waals surface area contributed by atoms with Gasteiger partial charge < -0.3 is 44.9 Å². The number of halogens is 3. The molecule has 0 atom stereocenters. The number of aliphatic hydroxyl groups excluding tert-OH is 2. The molecule has 0 spiro atoms. The van der Waals surface area contributed by atoms with E-state index >= 15 is 0 Å². The number of alkyl halides is 3. The molecule has 306 valence electrons. The lowest BCUT2D eigenvalue weighted by molar-refractivity contribution is -0.137. The van der Waals surface area contributed by atoms with Crippen LogP contribution in [0.4, 0.5) is 29.3 Å². The van der Waals surface area contributed by atoms with Crippen molar-refractivity contribution in [1.82, 2.24) is 15.2 Å². The number of nitrogens with one attached hydrogen (secondary N) is 2. The van der Waals surface area contributed by atoms with Crippen molar-refractivity contribution in [1.29, 1.82) is 0 Å². The van der Waals surface area contributed by atoms with Gasteiger partial charge in [-0.05, 0) is 79.6 Å². The van der Waals surface area contributed by atoms with Crippen LogP contribution in [-0.4, -0.2) is 104 Å². The first-order valence-corrected chi connectivity index (χ1v) is 18.5. The zero-order valence-electron chi connectivity index (χ0n) is 31.9. The first-order chi connectivity index (χ1) is 27.5. The summed E-state index contributed by atoms with van der Waals surface area (Å²) in [5, 5.41) is 23.7. The van der Waals surface area contributed by atoms with Crippen molar-refractivity contribution < 1.29 is 52.0 Å². The van der Waals surface area contributed by atoms with E-state index in [9.17, 15) is 27.6 Å². The number of amides is 3. The van der Waals surface area contributed by atoms with Gasteiger partial charge in [0.2, 0.25) is 0 Å². The average Bonchev–Trinajstić information content (AvgIpc) is 3.21. The van der Waals surface area contributed by atoms with Gasteiger partial charge in [-0.1, -0.05) is 24.3 Å². The Balaban J connectivity index is 1.38. The Hall–Kier alpha value is -5.55. The second-order valence-electron chi connectivity index (χ2n) is 12.6. The molecule has 4 rings (SSSR count). The number of benzene rings is 3. The van der Waals surface area contributed by atoms with E-state index in [1.54, 1.807) is 30.3 Å². The summed E-state index contributed by atoms with van der Waals surface area (Å²) < 4.78 is 55.8. The fraction of sp³-hybridized carbons (Fsp3) is 0.366. The fourth-order valence-corrected chi connectivity index (χ4v) is 5.72. The van der Waals surface area contributed by atoms with Crippen LogP contribution in [0.3, 0.4) is 0 Å². The Labute approximate surface area is 329 Å². The number of anilines is 2. The summed E-state index contributed by atoms with van der Waals surface area (Å²) >= 11 is 0. The van der Waals surface area contributed by atoms with Crippen molar-refractivity contribution in [3.63, 3.8) is 0 Å². The zero-order chi connectivity index (χ0) is 41.2. The predicted octanol–water partition coefficient (Wildman–Crippen LogP) is 5.75. The normalized spacial score (nSPS) is 11.2. The molecule has 1 heterocycles. The van der Waals surface area contributed by atoms with Gasteiger partial charge >= 0.3 is 12.3 Å². The Kier molecular flexibility index (Phi) is 17.2. The minimum Gasteiger partial charge on any atom is -0.447 e. The minimum atomic E-state index is -4.50. The number of hydrogen-bond donors (Lipinski definition) is 4. The summed E-state index contributed by atoms with van der Waals surface area (Å²) in [5.74, 6) is -0.896. The highest BCUT2D eigenvalue weighted by Gasteiger charge is 2.30. The SMILES string of the molecule is CCN(CC)c1ccc(NC(=O)c2cccc(COCCOCCOC(=O)N(CCO)CCO)c2)c(-c2cc(C(=O)NCc3cccc(C(F)(F)F)c3)ccn2)c1. The standard InChI is InChI=1S/C41H48F3N5O8/c1-3-48(4-2)34-11-12-36(35(26-34)37-25-32(13-14-45-37)38(52)46-27-29-7-6-10-33(24-29)41(42,43)44)47-39(53)31-9-5-8-30(23-31)28-56-20-19-55-21-22-57-40(54)49(15-17-50)16-18-51/h5-14,23-26,50-51H,3-4,15-22,27-28H2,1-2H3,(H,46,52)(H,47,53). The second-order valence-corrected chi connectivity index (χ2v) is 12.6. The largest absolute Gasteiger partial charge is 0.447 e. The van der Waals surface area contributed by atoms with Crippen molar-refractivity contribution in [3.8, 4) is 11.3 Å². The van der Waals surface area contributed by atoms with Crippen molar-refractivity contribution in [3.05, 3.63) is 113 Å². The van der Waals surface area contributed by atoms with Crippen molar-refractivity contribution in [2.24, 2.45) is 0 Å². The fourth-order valence-electron chi connectivity index (χ4n) is 5.72. The van der Waals surface area contributed by atoms with Crippen LogP contribution in [0.25, 0.3) is 11.3 Å². The molecular formula is C41H48F3N5O8. The highest BCUT2D eigenvalue weighted by Crippen LogP contribution is 2.33. The molecule has 0 unspecified atom stereocenters. The van der Waals surface area contributed by atoms with Crippen LogP contribution < -0.4 is 15.5 Å². The van der Waals surface area contributed by atoms with E-state index in [1.165, 1.54) is 29.3 Å². The van der Waals surface area contributed by atoms with E-state index in [0.29, 0.717) is 28.1 Å². The Bertz CT molecular complexity index is 1920. The quantitative estimate of drug-likeness (QED) is 0.0765. The Morgan fingerprint density at radius 2 is 1.46 bits per heavy atom. The van der Waals surface area contributed by atoms with Gasteiger partial charge in [0.1, 0.15) is 6.61 Å². The lowest BCUT2D eigenvalue weighted by Gasteiger charge is -2.23. The number of carbonyl (C=O) groups is 3. The molecule has 3 aromatic carbocycles. The molecule has 0 saturated heterocycles. The molecule has 0 aliphatic heterocycles. The summed E-state index contributed by atoms with van der Waals surface area (Å²) in [5.41, 5.74) is 3.13. The molecule has 0 saturated carbocycles. The van der Waals surface area contributed by atoms with Crippen molar-refractivity contribution in [2.75, 3.05) is 76.0 Å². The maximum atomic E-state index is 13.6. The van der Waals surface area contributed by atoms with Gasteiger partial charge in [-0.15, -0.1) is 0 Å². The van der Waals surface area contributed by atoms with Crippen LogP contribution in [0.1, 0.15) is 51.3 Å². The molecule has 13 nitrogen and oxygen atoms in total. The summed E-state index contributed by atoms with van der Waals surface area (Å²) in [4.78, 5) is 46.6. The monoisotopic (exact) mass is 795 g/mol. The van der Waals surface area contributed by atoms with E-state index in [2.05, 4.69) is 20.5 Å². The van der Waals surface area contributed by atoms with Gasteiger partial charge in [0.05, 0.1) is 56.6 Å². The molecule has 57 heavy (non-hydrogen) atoms. The van der Waals surface area contributed by atoms with Gasteiger partial charge in [0, 0.05) is 61.3 Å². The number of carbonyl (C=O) groups excluding carboxylic acids is 3. The number of pyridine rings is 1. The van der Waals surface area contributed by atoms with E-state index < -0.39 is 29.6 Å². The molecule has 0 aliphatic rings. The van der Waals surface area contributed by atoms with E-state index in [0.717, 1.165) is 36.5 Å². The number of aromatic nitrogens is 1. The van der Waals surface area contributed by atoms with Gasteiger partial charge in [0.25, 0.3) is 11.8 Å². The van der Waals surface area contributed by atoms with Gasteiger partial charge in [-0.3, -0.25) is 14.6 Å². The van der Waals surface area contributed by atoms with Crippen molar-refractivity contribution in [2.45, 2.75) is 33.2 Å². The molecule has 0 bridgehead atoms. The maximum Gasteiger partial charge on any atom is 0.416 e. The third-order valence-electron chi connectivity index (χ3n) is 8.67. The predicted molar refractivity (Wildman–Crippen MR) is 208 cm³/mol. The highest BCUT2D eigenvalue weighted by molar-refractivity contribution is 6.06. The lowest BCUT2D eigenvalue weighted by atomic mass is 10.0. The smallest absolute Gasteiger partial charge is 0.416 e. The van der Waals surface area contributed by atoms with E-state index in [1.807, 2.05) is 32.0 Å². The summed E-state index contributed by atoms with van der Waals surface area (Å²) in [6, 6.07) is 20.3. The second kappa shape index (κ2) is 22.3. The van der Waals surface area contributed by atoms with Gasteiger partial charge in [-0.25, -0.2) is 4.79 Å². The molecule has 16 heteroatoms. The molecule has 4 N–H and O–H groups in total. The molecule has 4 aromatic rings. The maximum absolute atomic E-state index is 13.6. The first kappa shape index (κ1) is 44.2. The Morgan fingerprint density at radius 3 is 2.18 bits per heavy atom. The number of nitrogens with zero attached hydrogens (tertiary/aromatic N) is 3. The zero-order valence-corrected chi connectivity index (χ0v) is 31.9. The van der Waals surface area contributed by atoms with E-state index in [4.69, 9.17) is 24.4 Å². The number of hydrogen-bond acceptors (Lipinski definition) is 10. The van der Waals surface area contributed by atoms with Gasteiger partial charge in [0.15, 0.2) is 0 Å². The number of aliphatic hydroxyl groups is 2. The minimum absolute atomic E-state index is 0.00748. The summed E-state index contributed by atoms with van der Waals surface area (Å²) in [7, 11) is 0. The van der Waals surface area contributed by atoms with Crippen LogP contribution in [-0.2, 0) is 33.5 Å². The van der Waals surface area contributed by atoms with Crippen LogP contribution in [0.15, 0.2) is 85.1 Å². The molecule has 3 amide bonds. The van der Waals surface area contributed by atoms with Gasteiger partial charge in [-0.2, -0.15) is 13.2 Å². The third-order valence-corrected chi connectivity index (χ3v) is 8.67. The molecular weight excluding hydrogens is 747 g/mol. The molecule has 1 aromatic heterocycles. The van der Waals surface area contributed by atoms with Crippen molar-refractivity contribution >= 4 is 29.3 Å². The Morgan fingerprint density at radius 1 is 0.772 bits per heavy atom. The molecule has 0 aliphatic carbocycles. The highest BCUT2D eigenvalue weighted by atomic mass is 19.4. The van der Waals surface area contributed by atoms with Crippen LogP contribution in [0.5, 0.6) is 0 Å².